The molecule has 2 aromatic rings. The van der Waals surface area contributed by atoms with Crippen molar-refractivity contribution in [1.82, 2.24) is 9.78 Å². The van der Waals surface area contributed by atoms with Crippen molar-refractivity contribution < 1.29 is 14.3 Å². The fraction of sp³-hybridized carbons (Fsp3) is 0.214. The number of carbonyl (C=O) groups is 2. The van der Waals surface area contributed by atoms with Crippen LogP contribution in [0.25, 0.3) is 11.3 Å². The molecule has 0 spiro atoms. The molecule has 0 fully saturated rings. The number of amides is 1. The van der Waals surface area contributed by atoms with Crippen LogP contribution in [0.2, 0.25) is 0 Å². The molecule has 2 rings (SSSR count). The van der Waals surface area contributed by atoms with E-state index in [1.807, 2.05) is 13.0 Å². The predicted molar refractivity (Wildman–Crippen MR) is 77.9 cm³/mol. The summed E-state index contributed by atoms with van der Waals surface area (Å²) in [7, 11) is 1.58. The summed E-state index contributed by atoms with van der Waals surface area (Å²) in [6.45, 7) is 1.70. The third-order valence-corrected chi connectivity index (χ3v) is 3.12. The lowest BCUT2D eigenvalue weighted by molar-refractivity contribution is -0.118. The molecule has 110 valence electrons. The third-order valence-electron chi connectivity index (χ3n) is 3.12. The van der Waals surface area contributed by atoms with E-state index in [1.165, 1.54) is 4.68 Å². The standard InChI is InChI=1S/C14H16N4O3/c1-8-5-9(3-4-11(8)21-2)13-10(7-19)14(16)18(17-13)6-12(15)20/h3-5,7H,6,16H2,1-2H3,(H2,15,20). The minimum Gasteiger partial charge on any atom is -0.496 e. The van der Waals surface area contributed by atoms with Crippen LogP contribution in [-0.4, -0.2) is 29.1 Å². The van der Waals surface area contributed by atoms with Gasteiger partial charge in [-0.15, -0.1) is 0 Å². The summed E-state index contributed by atoms with van der Waals surface area (Å²) < 4.78 is 6.42. The van der Waals surface area contributed by atoms with E-state index in [-0.39, 0.29) is 17.9 Å². The molecule has 0 aliphatic heterocycles. The van der Waals surface area contributed by atoms with Crippen LogP contribution >= 0.6 is 0 Å². The molecular formula is C14H16N4O3. The topological polar surface area (TPSA) is 113 Å². The highest BCUT2D eigenvalue weighted by Crippen LogP contribution is 2.29. The molecule has 1 amide bonds. The lowest BCUT2D eigenvalue weighted by Crippen LogP contribution is -2.20. The highest BCUT2D eigenvalue weighted by atomic mass is 16.5. The number of nitrogens with zero attached hydrogens (tertiary/aromatic N) is 2. The number of aromatic nitrogens is 2. The Morgan fingerprint density at radius 1 is 1.48 bits per heavy atom. The average Bonchev–Trinajstić information content (AvgIpc) is 2.74. The molecule has 1 aromatic carbocycles. The van der Waals surface area contributed by atoms with Gasteiger partial charge in [-0.05, 0) is 30.7 Å². The summed E-state index contributed by atoms with van der Waals surface area (Å²) in [4.78, 5) is 22.3. The van der Waals surface area contributed by atoms with Gasteiger partial charge in [0, 0.05) is 5.56 Å². The first-order valence-electron chi connectivity index (χ1n) is 6.22. The summed E-state index contributed by atoms with van der Waals surface area (Å²) in [5, 5.41) is 4.21. The van der Waals surface area contributed by atoms with Crippen LogP contribution in [0.3, 0.4) is 0 Å². The Labute approximate surface area is 121 Å². The van der Waals surface area contributed by atoms with Gasteiger partial charge in [0.1, 0.15) is 23.8 Å². The molecule has 7 nitrogen and oxygen atoms in total. The average molecular weight is 288 g/mol. The molecule has 1 aromatic heterocycles. The van der Waals surface area contributed by atoms with Gasteiger partial charge in [0.2, 0.25) is 5.91 Å². The van der Waals surface area contributed by atoms with Crippen molar-refractivity contribution >= 4 is 18.0 Å². The number of benzene rings is 1. The number of aldehydes is 1. The largest absolute Gasteiger partial charge is 0.496 e. The third kappa shape index (κ3) is 2.71. The van der Waals surface area contributed by atoms with Crippen molar-refractivity contribution in [3.63, 3.8) is 0 Å². The first-order chi connectivity index (χ1) is 9.97. The number of carbonyl (C=O) groups excluding carboxylic acids is 2. The highest BCUT2D eigenvalue weighted by molar-refractivity contribution is 5.92. The van der Waals surface area contributed by atoms with Crippen molar-refractivity contribution in [2.75, 3.05) is 12.8 Å². The van der Waals surface area contributed by atoms with Crippen molar-refractivity contribution in [3.8, 4) is 17.0 Å². The first kappa shape index (κ1) is 14.6. The van der Waals surface area contributed by atoms with E-state index >= 15 is 0 Å². The van der Waals surface area contributed by atoms with Gasteiger partial charge in [-0.1, -0.05) is 0 Å². The van der Waals surface area contributed by atoms with E-state index in [2.05, 4.69) is 5.10 Å². The van der Waals surface area contributed by atoms with Gasteiger partial charge in [0.15, 0.2) is 6.29 Å². The second kappa shape index (κ2) is 5.66. The van der Waals surface area contributed by atoms with E-state index in [0.717, 1.165) is 11.3 Å². The molecule has 21 heavy (non-hydrogen) atoms. The van der Waals surface area contributed by atoms with Gasteiger partial charge in [-0.3, -0.25) is 9.59 Å². The molecule has 0 aliphatic carbocycles. The maximum absolute atomic E-state index is 11.3. The maximum atomic E-state index is 11.3. The van der Waals surface area contributed by atoms with E-state index in [9.17, 15) is 9.59 Å². The molecule has 0 atom stereocenters. The molecule has 0 saturated carbocycles. The van der Waals surface area contributed by atoms with Gasteiger partial charge in [0.25, 0.3) is 0 Å². The predicted octanol–water partition coefficient (Wildman–Crippen LogP) is 0.747. The van der Waals surface area contributed by atoms with Crippen molar-refractivity contribution in [2.45, 2.75) is 13.5 Å². The summed E-state index contributed by atoms with van der Waals surface area (Å²) in [6.07, 6.45) is 0.620. The Hall–Kier alpha value is -2.83. The number of methoxy groups -OCH3 is 1. The van der Waals surface area contributed by atoms with Crippen LogP contribution in [0.1, 0.15) is 15.9 Å². The minimum absolute atomic E-state index is 0.118. The Balaban J connectivity index is 2.55. The van der Waals surface area contributed by atoms with Gasteiger partial charge >= 0.3 is 0 Å². The maximum Gasteiger partial charge on any atom is 0.239 e. The monoisotopic (exact) mass is 288 g/mol. The van der Waals surface area contributed by atoms with Crippen molar-refractivity contribution in [2.24, 2.45) is 5.73 Å². The lowest BCUT2D eigenvalue weighted by atomic mass is 10.1. The molecule has 0 saturated heterocycles. The van der Waals surface area contributed by atoms with E-state index in [0.29, 0.717) is 17.5 Å². The Bertz CT molecular complexity index is 706. The molecular weight excluding hydrogens is 272 g/mol. The molecule has 0 bridgehead atoms. The molecule has 0 unspecified atom stereocenters. The number of nitrogen functional groups attached to an aromatic ring is 1. The summed E-state index contributed by atoms with van der Waals surface area (Å²) in [5.74, 6) is 0.266. The highest BCUT2D eigenvalue weighted by Gasteiger charge is 2.18. The number of anilines is 1. The van der Waals surface area contributed by atoms with E-state index in [4.69, 9.17) is 16.2 Å². The van der Waals surface area contributed by atoms with E-state index < -0.39 is 5.91 Å². The Morgan fingerprint density at radius 3 is 2.71 bits per heavy atom. The van der Waals surface area contributed by atoms with Crippen LogP contribution in [0.4, 0.5) is 5.82 Å². The number of primary amides is 1. The fourth-order valence-corrected chi connectivity index (χ4v) is 2.11. The minimum atomic E-state index is -0.584. The second-order valence-electron chi connectivity index (χ2n) is 4.57. The number of hydrogen-bond acceptors (Lipinski definition) is 5. The van der Waals surface area contributed by atoms with Crippen LogP contribution < -0.4 is 16.2 Å². The van der Waals surface area contributed by atoms with Gasteiger partial charge < -0.3 is 16.2 Å². The van der Waals surface area contributed by atoms with Crippen LogP contribution in [-0.2, 0) is 11.3 Å². The smallest absolute Gasteiger partial charge is 0.239 e. The molecule has 0 aliphatic rings. The van der Waals surface area contributed by atoms with Crippen LogP contribution in [0, 0.1) is 6.92 Å². The van der Waals surface area contributed by atoms with Gasteiger partial charge in [-0.25, -0.2) is 4.68 Å². The Kier molecular flexibility index (Phi) is 3.93. The van der Waals surface area contributed by atoms with Crippen molar-refractivity contribution in [3.05, 3.63) is 29.3 Å². The number of nitrogens with two attached hydrogens (primary N) is 2. The van der Waals surface area contributed by atoms with Gasteiger partial charge in [0.05, 0.1) is 12.7 Å². The zero-order chi connectivity index (χ0) is 15.6. The second-order valence-corrected chi connectivity index (χ2v) is 4.57. The van der Waals surface area contributed by atoms with E-state index in [1.54, 1.807) is 19.2 Å². The zero-order valence-corrected chi connectivity index (χ0v) is 11.8. The number of rotatable bonds is 5. The quantitative estimate of drug-likeness (QED) is 0.788. The molecule has 1 heterocycles. The first-order valence-corrected chi connectivity index (χ1v) is 6.22. The summed E-state index contributed by atoms with van der Waals surface area (Å²) >= 11 is 0. The zero-order valence-electron chi connectivity index (χ0n) is 11.8. The van der Waals surface area contributed by atoms with Gasteiger partial charge in [-0.2, -0.15) is 5.10 Å². The summed E-state index contributed by atoms with van der Waals surface area (Å²) in [5.41, 5.74) is 13.2. The molecule has 0 radical (unpaired) electrons. The van der Waals surface area contributed by atoms with Crippen molar-refractivity contribution in [1.29, 1.82) is 0 Å². The van der Waals surface area contributed by atoms with Crippen LogP contribution in [0.15, 0.2) is 18.2 Å². The fourth-order valence-electron chi connectivity index (χ4n) is 2.11. The number of ether oxygens (including phenoxy) is 1. The normalized spacial score (nSPS) is 10.4. The SMILES string of the molecule is COc1ccc(-c2nn(CC(N)=O)c(N)c2C=O)cc1C. The molecule has 7 heteroatoms. The summed E-state index contributed by atoms with van der Waals surface area (Å²) in [6, 6.07) is 5.39. The number of aryl methyl sites for hydroxylation is 1. The Morgan fingerprint density at radius 2 is 2.19 bits per heavy atom. The van der Waals surface area contributed by atoms with Crippen LogP contribution in [0.5, 0.6) is 5.75 Å². The number of hydrogen-bond donors (Lipinski definition) is 2. The lowest BCUT2D eigenvalue weighted by Gasteiger charge is -2.06. The molecule has 4 N–H and O–H groups in total.